The molecule has 1 aliphatic rings. The number of ether oxygens (including phenoxy) is 1. The fourth-order valence-corrected chi connectivity index (χ4v) is 4.17. The van der Waals surface area contributed by atoms with Crippen molar-refractivity contribution in [3.05, 3.63) is 59.9 Å². The molecule has 0 N–H and O–H groups in total. The summed E-state index contributed by atoms with van der Waals surface area (Å²) in [6, 6.07) is 14.3. The SMILES string of the molecule is CCC(C(=O)OC1CN(c2nc3ccc(F)cc3s2)C1)c1ccccc1. The molecule has 0 bridgehead atoms. The van der Waals surface area contributed by atoms with E-state index in [9.17, 15) is 9.18 Å². The van der Waals surface area contributed by atoms with E-state index in [1.807, 2.05) is 37.3 Å². The zero-order chi connectivity index (χ0) is 18.1. The van der Waals surface area contributed by atoms with Crippen LogP contribution in [0.3, 0.4) is 0 Å². The van der Waals surface area contributed by atoms with Crippen LogP contribution in [0.15, 0.2) is 48.5 Å². The quantitative estimate of drug-likeness (QED) is 0.626. The highest BCUT2D eigenvalue weighted by Crippen LogP contribution is 2.33. The third kappa shape index (κ3) is 3.29. The highest BCUT2D eigenvalue weighted by Gasteiger charge is 2.34. The molecule has 4 rings (SSSR count). The van der Waals surface area contributed by atoms with Crippen molar-refractivity contribution in [1.29, 1.82) is 0 Å². The summed E-state index contributed by atoms with van der Waals surface area (Å²) in [6.45, 7) is 3.24. The monoisotopic (exact) mass is 370 g/mol. The lowest BCUT2D eigenvalue weighted by atomic mass is 9.96. The molecule has 1 aromatic heterocycles. The number of rotatable bonds is 5. The zero-order valence-electron chi connectivity index (χ0n) is 14.4. The topological polar surface area (TPSA) is 42.4 Å². The number of carbonyl (C=O) groups is 1. The summed E-state index contributed by atoms with van der Waals surface area (Å²) in [6.07, 6.45) is 0.590. The molecular weight excluding hydrogens is 351 g/mol. The number of hydrogen-bond acceptors (Lipinski definition) is 5. The first-order chi connectivity index (χ1) is 12.6. The van der Waals surface area contributed by atoms with E-state index in [1.54, 1.807) is 6.07 Å². The zero-order valence-corrected chi connectivity index (χ0v) is 15.2. The molecule has 0 saturated carbocycles. The van der Waals surface area contributed by atoms with Crippen LogP contribution in [0, 0.1) is 5.82 Å². The van der Waals surface area contributed by atoms with Crippen molar-refractivity contribution in [2.75, 3.05) is 18.0 Å². The Bertz CT molecular complexity index is 922. The van der Waals surface area contributed by atoms with Crippen molar-refractivity contribution in [3.63, 3.8) is 0 Å². The smallest absolute Gasteiger partial charge is 0.313 e. The summed E-state index contributed by atoms with van der Waals surface area (Å²) in [5.41, 5.74) is 1.78. The lowest BCUT2D eigenvalue weighted by Gasteiger charge is -2.38. The van der Waals surface area contributed by atoms with Gasteiger partial charge in [-0.1, -0.05) is 48.6 Å². The van der Waals surface area contributed by atoms with Gasteiger partial charge in [0.1, 0.15) is 11.9 Å². The number of halogens is 1. The van der Waals surface area contributed by atoms with Crippen molar-refractivity contribution >= 4 is 32.7 Å². The fraction of sp³-hybridized carbons (Fsp3) is 0.300. The molecule has 26 heavy (non-hydrogen) atoms. The lowest BCUT2D eigenvalue weighted by molar-refractivity contribution is -0.152. The molecule has 2 heterocycles. The van der Waals surface area contributed by atoms with Crippen LogP contribution in [0.1, 0.15) is 24.8 Å². The van der Waals surface area contributed by atoms with Crippen molar-refractivity contribution in [3.8, 4) is 0 Å². The number of thiazole rings is 1. The van der Waals surface area contributed by atoms with Crippen molar-refractivity contribution in [1.82, 2.24) is 4.98 Å². The van der Waals surface area contributed by atoms with Gasteiger partial charge in [-0.3, -0.25) is 4.79 Å². The molecule has 1 aliphatic heterocycles. The van der Waals surface area contributed by atoms with E-state index in [0.717, 1.165) is 20.9 Å². The van der Waals surface area contributed by atoms with Crippen LogP contribution in [0.5, 0.6) is 0 Å². The maximum atomic E-state index is 13.3. The molecule has 1 saturated heterocycles. The number of carbonyl (C=O) groups excluding carboxylic acids is 1. The van der Waals surface area contributed by atoms with Crippen molar-refractivity contribution in [2.24, 2.45) is 0 Å². The second-order valence-corrected chi connectivity index (χ2v) is 7.45. The van der Waals surface area contributed by atoms with Gasteiger partial charge in [-0.25, -0.2) is 9.37 Å². The van der Waals surface area contributed by atoms with Gasteiger partial charge in [0.25, 0.3) is 0 Å². The second kappa shape index (κ2) is 7.03. The van der Waals surface area contributed by atoms with Gasteiger partial charge in [0.15, 0.2) is 5.13 Å². The predicted octanol–water partition coefficient (Wildman–Crippen LogP) is 4.36. The van der Waals surface area contributed by atoms with Crippen LogP contribution in [0.25, 0.3) is 10.2 Å². The van der Waals surface area contributed by atoms with Gasteiger partial charge >= 0.3 is 5.97 Å². The number of nitrogens with zero attached hydrogens (tertiary/aromatic N) is 2. The van der Waals surface area contributed by atoms with Gasteiger partial charge in [-0.05, 0) is 30.2 Å². The molecule has 4 nitrogen and oxygen atoms in total. The normalized spacial score (nSPS) is 15.7. The second-order valence-electron chi connectivity index (χ2n) is 6.44. The Labute approximate surface area is 155 Å². The Hall–Kier alpha value is -2.47. The number of esters is 1. The summed E-state index contributed by atoms with van der Waals surface area (Å²) in [7, 11) is 0. The maximum absolute atomic E-state index is 13.3. The minimum absolute atomic E-state index is 0.121. The van der Waals surface area contributed by atoms with Crippen LogP contribution in [-0.4, -0.2) is 30.1 Å². The van der Waals surface area contributed by atoms with Crippen molar-refractivity contribution < 1.29 is 13.9 Å². The molecule has 134 valence electrons. The van der Waals surface area contributed by atoms with E-state index in [-0.39, 0.29) is 23.8 Å². The van der Waals surface area contributed by atoms with Crippen LogP contribution in [0.4, 0.5) is 9.52 Å². The third-order valence-corrected chi connectivity index (χ3v) is 5.71. The molecule has 0 spiro atoms. The lowest BCUT2D eigenvalue weighted by Crippen LogP contribution is -2.53. The van der Waals surface area contributed by atoms with Gasteiger partial charge in [0.2, 0.25) is 0 Å². The number of aromatic nitrogens is 1. The molecule has 0 amide bonds. The van der Waals surface area contributed by atoms with Gasteiger partial charge < -0.3 is 9.64 Å². The predicted molar refractivity (Wildman–Crippen MR) is 101 cm³/mol. The number of benzene rings is 2. The van der Waals surface area contributed by atoms with Crippen molar-refractivity contribution in [2.45, 2.75) is 25.4 Å². The van der Waals surface area contributed by atoms with Crippen LogP contribution >= 0.6 is 11.3 Å². The maximum Gasteiger partial charge on any atom is 0.313 e. The van der Waals surface area contributed by atoms with Gasteiger partial charge in [-0.2, -0.15) is 0 Å². The average Bonchev–Trinajstić information content (AvgIpc) is 3.01. The summed E-state index contributed by atoms with van der Waals surface area (Å²) in [4.78, 5) is 19.1. The van der Waals surface area contributed by atoms with E-state index in [0.29, 0.717) is 19.5 Å². The Kier molecular flexibility index (Phi) is 4.59. The van der Waals surface area contributed by atoms with E-state index < -0.39 is 0 Å². The Morgan fingerprint density at radius 2 is 2.08 bits per heavy atom. The summed E-state index contributed by atoms with van der Waals surface area (Å²) < 4.78 is 19.8. The summed E-state index contributed by atoms with van der Waals surface area (Å²) in [5.74, 6) is -0.653. The highest BCUT2D eigenvalue weighted by atomic mass is 32.1. The largest absolute Gasteiger partial charge is 0.458 e. The molecule has 1 atom stereocenters. The van der Waals surface area contributed by atoms with E-state index in [4.69, 9.17) is 4.74 Å². The number of anilines is 1. The molecule has 3 aromatic rings. The molecular formula is C20H19FN2O2S. The minimum atomic E-state index is -0.255. The standard InChI is InChI=1S/C20H19FN2O2S/c1-2-16(13-6-4-3-5-7-13)19(24)25-15-11-23(12-15)20-22-17-9-8-14(21)10-18(17)26-20/h3-10,15-16H,2,11-12H2,1H3. The van der Waals surface area contributed by atoms with Gasteiger partial charge in [-0.15, -0.1) is 0 Å². The molecule has 1 fully saturated rings. The van der Waals surface area contributed by atoms with Crippen LogP contribution in [-0.2, 0) is 9.53 Å². The Morgan fingerprint density at radius 1 is 1.31 bits per heavy atom. The first-order valence-corrected chi connectivity index (χ1v) is 9.52. The van der Waals surface area contributed by atoms with E-state index in [1.165, 1.54) is 23.5 Å². The molecule has 0 aliphatic carbocycles. The van der Waals surface area contributed by atoms with Crippen LogP contribution in [0.2, 0.25) is 0 Å². The molecule has 6 heteroatoms. The van der Waals surface area contributed by atoms with Gasteiger partial charge in [0, 0.05) is 0 Å². The molecule has 1 unspecified atom stereocenters. The average molecular weight is 370 g/mol. The summed E-state index contributed by atoms with van der Waals surface area (Å²) in [5, 5.41) is 0.841. The Balaban J connectivity index is 1.37. The first-order valence-electron chi connectivity index (χ1n) is 8.70. The van der Waals surface area contributed by atoms with Crippen LogP contribution < -0.4 is 4.90 Å². The first kappa shape index (κ1) is 17.0. The highest BCUT2D eigenvalue weighted by molar-refractivity contribution is 7.22. The van der Waals surface area contributed by atoms with E-state index >= 15 is 0 Å². The van der Waals surface area contributed by atoms with Gasteiger partial charge in [0.05, 0.1) is 29.2 Å². The fourth-order valence-electron chi connectivity index (χ4n) is 3.16. The third-order valence-electron chi connectivity index (χ3n) is 4.64. The number of hydrogen-bond donors (Lipinski definition) is 0. The van der Waals surface area contributed by atoms with E-state index in [2.05, 4.69) is 9.88 Å². The molecule has 0 radical (unpaired) electrons. The minimum Gasteiger partial charge on any atom is -0.458 e. The Morgan fingerprint density at radius 3 is 2.81 bits per heavy atom. The number of fused-ring (bicyclic) bond motifs is 1. The summed E-state index contributed by atoms with van der Waals surface area (Å²) >= 11 is 1.46. The molecule has 2 aromatic carbocycles.